The van der Waals surface area contributed by atoms with Gasteiger partial charge in [-0.15, -0.1) is 0 Å². The highest BCUT2D eigenvalue weighted by atomic mass is 35.5. The van der Waals surface area contributed by atoms with E-state index in [1.54, 1.807) is 35.4 Å². The lowest BCUT2D eigenvalue weighted by Crippen LogP contribution is -2.30. The Morgan fingerprint density at radius 3 is 2.38 bits per heavy atom. The van der Waals surface area contributed by atoms with Gasteiger partial charge in [0, 0.05) is 12.1 Å². The lowest BCUT2D eigenvalue weighted by molar-refractivity contribution is 0.0717. The van der Waals surface area contributed by atoms with Crippen molar-refractivity contribution in [3.8, 4) is 0 Å². The molecule has 0 unspecified atom stereocenters. The molecule has 1 aromatic heterocycles. The van der Waals surface area contributed by atoms with E-state index in [-0.39, 0.29) is 5.91 Å². The second-order valence-electron chi connectivity index (χ2n) is 5.36. The average molecular weight is 360 g/mol. The van der Waals surface area contributed by atoms with Crippen LogP contribution in [0.5, 0.6) is 0 Å². The highest BCUT2D eigenvalue weighted by molar-refractivity contribution is 6.42. The molecule has 0 saturated carbocycles. The first-order chi connectivity index (χ1) is 11.6. The summed E-state index contributed by atoms with van der Waals surface area (Å²) >= 11 is 12.0. The van der Waals surface area contributed by atoms with Crippen molar-refractivity contribution < 1.29 is 9.21 Å². The number of nitrogens with zero attached hydrogens (tertiary/aromatic N) is 1. The standard InChI is InChI=1S/C19H15Cl2NO2/c20-17-9-8-15(11-18(17)21)19(23)22(13-16-7-4-10-24-16)12-14-5-2-1-3-6-14/h1-11H,12-13H2. The predicted octanol–water partition coefficient (Wildman–Crippen LogP) is 5.43. The first kappa shape index (κ1) is 16.6. The summed E-state index contributed by atoms with van der Waals surface area (Å²) in [5, 5.41) is 0.786. The molecule has 0 radical (unpaired) electrons. The molecule has 1 heterocycles. The molecule has 3 rings (SSSR count). The third-order valence-corrected chi connectivity index (χ3v) is 4.34. The van der Waals surface area contributed by atoms with Crippen LogP contribution in [0.15, 0.2) is 71.3 Å². The number of carbonyl (C=O) groups is 1. The molecule has 1 amide bonds. The third-order valence-electron chi connectivity index (χ3n) is 3.60. The summed E-state index contributed by atoms with van der Waals surface area (Å²) in [7, 11) is 0. The molecule has 5 heteroatoms. The lowest BCUT2D eigenvalue weighted by Gasteiger charge is -2.22. The third kappa shape index (κ3) is 3.99. The Kier molecular flexibility index (Phi) is 5.24. The Bertz CT molecular complexity index is 817. The van der Waals surface area contributed by atoms with Crippen LogP contribution >= 0.6 is 23.2 Å². The van der Waals surface area contributed by atoms with E-state index >= 15 is 0 Å². The number of amides is 1. The van der Waals surface area contributed by atoms with Crippen molar-refractivity contribution in [1.29, 1.82) is 0 Å². The number of hydrogen-bond acceptors (Lipinski definition) is 2. The lowest BCUT2D eigenvalue weighted by atomic mass is 10.1. The highest BCUT2D eigenvalue weighted by Crippen LogP contribution is 2.24. The van der Waals surface area contributed by atoms with Gasteiger partial charge in [-0.05, 0) is 35.9 Å². The zero-order chi connectivity index (χ0) is 16.9. The topological polar surface area (TPSA) is 33.5 Å². The van der Waals surface area contributed by atoms with E-state index in [1.165, 1.54) is 0 Å². The number of carbonyl (C=O) groups excluding carboxylic acids is 1. The number of rotatable bonds is 5. The summed E-state index contributed by atoms with van der Waals surface area (Å²) in [4.78, 5) is 14.6. The minimum atomic E-state index is -0.131. The number of halogens is 2. The molecule has 2 aromatic carbocycles. The van der Waals surface area contributed by atoms with Gasteiger partial charge in [0.1, 0.15) is 5.76 Å². The smallest absolute Gasteiger partial charge is 0.254 e. The van der Waals surface area contributed by atoms with Crippen molar-refractivity contribution >= 4 is 29.1 Å². The van der Waals surface area contributed by atoms with E-state index in [9.17, 15) is 4.79 Å². The van der Waals surface area contributed by atoms with Gasteiger partial charge in [-0.1, -0.05) is 53.5 Å². The predicted molar refractivity (Wildman–Crippen MR) is 95.2 cm³/mol. The van der Waals surface area contributed by atoms with Gasteiger partial charge >= 0.3 is 0 Å². The molecule has 0 fully saturated rings. The maximum absolute atomic E-state index is 12.9. The Morgan fingerprint density at radius 2 is 1.71 bits per heavy atom. The minimum Gasteiger partial charge on any atom is -0.467 e. The van der Waals surface area contributed by atoms with Gasteiger partial charge in [-0.2, -0.15) is 0 Å². The zero-order valence-electron chi connectivity index (χ0n) is 12.8. The van der Waals surface area contributed by atoms with Crippen LogP contribution in [0.25, 0.3) is 0 Å². The molecule has 3 aromatic rings. The van der Waals surface area contributed by atoms with Crippen LogP contribution in [-0.2, 0) is 13.1 Å². The summed E-state index contributed by atoms with van der Waals surface area (Å²) in [5.41, 5.74) is 1.53. The maximum Gasteiger partial charge on any atom is 0.254 e. The summed E-state index contributed by atoms with van der Waals surface area (Å²) in [6.07, 6.45) is 1.60. The molecule has 122 valence electrons. The molecular formula is C19H15Cl2NO2. The van der Waals surface area contributed by atoms with E-state index in [0.717, 1.165) is 11.3 Å². The van der Waals surface area contributed by atoms with Gasteiger partial charge in [0.05, 0.1) is 22.9 Å². The van der Waals surface area contributed by atoms with Crippen molar-refractivity contribution in [1.82, 2.24) is 4.90 Å². The molecule has 0 bridgehead atoms. The first-order valence-electron chi connectivity index (χ1n) is 7.44. The molecule has 0 atom stereocenters. The number of furan rings is 1. The van der Waals surface area contributed by atoms with E-state index in [1.807, 2.05) is 36.4 Å². The van der Waals surface area contributed by atoms with Crippen molar-refractivity contribution in [2.75, 3.05) is 0 Å². The summed E-state index contributed by atoms with van der Waals surface area (Å²) < 4.78 is 5.39. The fraction of sp³-hybridized carbons (Fsp3) is 0.105. The van der Waals surface area contributed by atoms with Gasteiger partial charge in [0.15, 0.2) is 0 Å². The number of benzene rings is 2. The van der Waals surface area contributed by atoms with Crippen LogP contribution in [0.4, 0.5) is 0 Å². The molecule has 0 aliphatic rings. The Morgan fingerprint density at radius 1 is 0.917 bits per heavy atom. The molecule has 0 saturated heterocycles. The molecule has 3 nitrogen and oxygen atoms in total. The Hall–Kier alpha value is -2.23. The van der Waals surface area contributed by atoms with Gasteiger partial charge < -0.3 is 9.32 Å². The Labute approximate surface area is 150 Å². The average Bonchev–Trinajstić information content (AvgIpc) is 3.10. The summed E-state index contributed by atoms with van der Waals surface area (Å²) in [6.45, 7) is 0.849. The normalized spacial score (nSPS) is 10.6. The molecular weight excluding hydrogens is 345 g/mol. The van der Waals surface area contributed by atoms with Crippen LogP contribution in [0.3, 0.4) is 0 Å². The molecule has 0 N–H and O–H groups in total. The van der Waals surface area contributed by atoms with Crippen molar-refractivity contribution in [2.45, 2.75) is 13.1 Å². The van der Waals surface area contributed by atoms with E-state index < -0.39 is 0 Å². The molecule has 0 aliphatic heterocycles. The molecule has 24 heavy (non-hydrogen) atoms. The van der Waals surface area contributed by atoms with E-state index in [4.69, 9.17) is 27.6 Å². The van der Waals surface area contributed by atoms with Crippen LogP contribution < -0.4 is 0 Å². The quantitative estimate of drug-likeness (QED) is 0.608. The number of hydrogen-bond donors (Lipinski definition) is 0. The van der Waals surface area contributed by atoms with Crippen LogP contribution in [-0.4, -0.2) is 10.8 Å². The van der Waals surface area contributed by atoms with Crippen LogP contribution in [0.1, 0.15) is 21.7 Å². The van der Waals surface area contributed by atoms with E-state index in [0.29, 0.717) is 28.7 Å². The van der Waals surface area contributed by atoms with Gasteiger partial charge in [-0.25, -0.2) is 0 Å². The van der Waals surface area contributed by atoms with E-state index in [2.05, 4.69) is 0 Å². The van der Waals surface area contributed by atoms with Crippen LogP contribution in [0, 0.1) is 0 Å². The van der Waals surface area contributed by atoms with Crippen molar-refractivity contribution in [3.05, 3.63) is 93.9 Å². The SMILES string of the molecule is O=C(c1ccc(Cl)c(Cl)c1)N(Cc1ccccc1)Cc1ccco1. The Balaban J connectivity index is 1.87. The second-order valence-corrected chi connectivity index (χ2v) is 6.17. The second kappa shape index (κ2) is 7.56. The van der Waals surface area contributed by atoms with Gasteiger partial charge in [0.2, 0.25) is 0 Å². The zero-order valence-corrected chi connectivity index (χ0v) is 14.3. The first-order valence-corrected chi connectivity index (χ1v) is 8.20. The largest absolute Gasteiger partial charge is 0.467 e. The van der Waals surface area contributed by atoms with Crippen LogP contribution in [0.2, 0.25) is 10.0 Å². The fourth-order valence-corrected chi connectivity index (χ4v) is 2.70. The minimum absolute atomic E-state index is 0.131. The van der Waals surface area contributed by atoms with Crippen molar-refractivity contribution in [3.63, 3.8) is 0 Å². The highest BCUT2D eigenvalue weighted by Gasteiger charge is 2.18. The monoisotopic (exact) mass is 359 g/mol. The fourth-order valence-electron chi connectivity index (χ4n) is 2.41. The summed E-state index contributed by atoms with van der Waals surface area (Å²) in [6, 6.07) is 18.4. The summed E-state index contributed by atoms with van der Waals surface area (Å²) in [5.74, 6) is 0.591. The van der Waals surface area contributed by atoms with Crippen molar-refractivity contribution in [2.24, 2.45) is 0 Å². The maximum atomic E-state index is 12.9. The van der Waals surface area contributed by atoms with Gasteiger partial charge in [-0.3, -0.25) is 4.79 Å². The van der Waals surface area contributed by atoms with Gasteiger partial charge in [0.25, 0.3) is 5.91 Å². The molecule has 0 spiro atoms. The molecule has 0 aliphatic carbocycles.